The minimum absolute atomic E-state index is 0.278. The molecular weight excluding hydrogens is 248 g/mol. The number of rotatable bonds is 2. The Labute approximate surface area is 110 Å². The van der Waals surface area contributed by atoms with E-state index >= 15 is 0 Å². The van der Waals surface area contributed by atoms with Gasteiger partial charge in [-0.05, 0) is 26.8 Å². The molecule has 19 heavy (non-hydrogen) atoms. The number of ether oxygens (including phenoxy) is 1. The van der Waals surface area contributed by atoms with Crippen molar-refractivity contribution in [3.05, 3.63) is 17.8 Å². The molecule has 0 amide bonds. The molecule has 104 valence electrons. The van der Waals surface area contributed by atoms with E-state index < -0.39 is 0 Å². The maximum absolute atomic E-state index is 10.3. The molecule has 1 aliphatic rings. The summed E-state index contributed by atoms with van der Waals surface area (Å²) in [4.78, 5) is 14.1. The minimum atomic E-state index is 0.278. The quantitative estimate of drug-likeness (QED) is 0.811. The van der Waals surface area contributed by atoms with Gasteiger partial charge < -0.3 is 14.5 Å². The molecule has 1 N–H and O–H groups in total. The second-order valence-electron chi connectivity index (χ2n) is 4.30. The van der Waals surface area contributed by atoms with Crippen LogP contribution in [0.25, 0.3) is 5.84 Å². The number of oxazole rings is 1. The zero-order chi connectivity index (χ0) is 13.7. The molecule has 1 aliphatic heterocycles. The normalized spacial score (nSPS) is 16.1. The van der Waals surface area contributed by atoms with Gasteiger partial charge >= 0.3 is 5.84 Å². The first-order valence-corrected chi connectivity index (χ1v) is 6.25. The lowest BCUT2D eigenvalue weighted by molar-refractivity contribution is 0.0799. The molecule has 0 unspecified atom stereocenters. The van der Waals surface area contributed by atoms with Crippen molar-refractivity contribution in [2.45, 2.75) is 25.8 Å². The van der Waals surface area contributed by atoms with E-state index in [2.05, 4.69) is 15.4 Å². The van der Waals surface area contributed by atoms with Gasteiger partial charge in [-0.25, -0.2) is 0 Å². The fraction of sp³-hybridized carbons (Fsp3) is 0.583. The number of fused-ring (bicyclic) bond motifs is 1. The van der Waals surface area contributed by atoms with E-state index in [0.29, 0.717) is 23.9 Å². The van der Waals surface area contributed by atoms with Gasteiger partial charge in [0, 0.05) is 19.3 Å². The summed E-state index contributed by atoms with van der Waals surface area (Å²) in [6, 6.07) is 0.712. The number of carbonyl (C=O) groups is 1. The van der Waals surface area contributed by atoms with Gasteiger partial charge in [-0.15, -0.1) is 0 Å². The van der Waals surface area contributed by atoms with Gasteiger partial charge in [0.05, 0.1) is 5.69 Å². The van der Waals surface area contributed by atoms with Crippen molar-refractivity contribution in [1.82, 2.24) is 19.9 Å². The highest BCUT2D eigenvalue weighted by atomic mass is 16.5. The topological polar surface area (TPSA) is 81.7 Å². The van der Waals surface area contributed by atoms with Crippen LogP contribution in [0.4, 0.5) is 0 Å². The third kappa shape index (κ3) is 3.18. The van der Waals surface area contributed by atoms with Crippen LogP contribution in [0, 0.1) is 6.92 Å². The number of hydrogen-bond donors (Lipinski definition) is 1. The average molecular weight is 266 g/mol. The van der Waals surface area contributed by atoms with Crippen LogP contribution < -0.4 is 5.32 Å². The van der Waals surface area contributed by atoms with E-state index in [1.165, 1.54) is 23.7 Å². The van der Waals surface area contributed by atoms with Crippen molar-refractivity contribution in [1.29, 1.82) is 0 Å². The van der Waals surface area contributed by atoms with Crippen LogP contribution in [0.2, 0.25) is 0 Å². The Morgan fingerprint density at radius 3 is 2.74 bits per heavy atom. The number of hydrogen-bond acceptors (Lipinski definition) is 6. The number of nitrogens with zero attached hydrogens (tertiary/aromatic N) is 3. The second-order valence-corrected chi connectivity index (χ2v) is 4.30. The highest BCUT2D eigenvalue weighted by Crippen LogP contribution is 2.09. The van der Waals surface area contributed by atoms with Crippen molar-refractivity contribution in [3.8, 4) is 0 Å². The minimum Gasteiger partial charge on any atom is -0.419 e. The maximum Gasteiger partial charge on any atom is 0.325 e. The van der Waals surface area contributed by atoms with Gasteiger partial charge in [-0.2, -0.15) is 14.6 Å². The van der Waals surface area contributed by atoms with E-state index in [0.717, 1.165) is 13.2 Å². The summed E-state index contributed by atoms with van der Waals surface area (Å²) >= 11 is 0. The lowest BCUT2D eigenvalue weighted by atomic mass is 10.1. The van der Waals surface area contributed by atoms with Crippen LogP contribution in [0.1, 0.15) is 29.1 Å². The van der Waals surface area contributed by atoms with Gasteiger partial charge in [0.2, 0.25) is 0 Å². The molecule has 0 saturated carbocycles. The fourth-order valence-electron chi connectivity index (χ4n) is 1.90. The highest BCUT2D eigenvalue weighted by Gasteiger charge is 2.10. The zero-order valence-electron chi connectivity index (χ0n) is 11.1. The molecule has 7 heteroatoms. The first kappa shape index (κ1) is 13.7. The third-order valence-corrected chi connectivity index (χ3v) is 3.13. The lowest BCUT2D eigenvalue weighted by Gasteiger charge is -2.20. The summed E-state index contributed by atoms with van der Waals surface area (Å²) < 4.78 is 11.6. The number of nitrogens with one attached hydrogen (secondary N) is 1. The van der Waals surface area contributed by atoms with Crippen LogP contribution >= 0.6 is 0 Å². The Bertz CT molecular complexity index is 528. The average Bonchev–Trinajstić information content (AvgIpc) is 3.04. The zero-order valence-corrected chi connectivity index (χ0v) is 11.1. The molecule has 0 atom stereocenters. The highest BCUT2D eigenvalue weighted by molar-refractivity contribution is 5.72. The van der Waals surface area contributed by atoms with Gasteiger partial charge in [-0.1, -0.05) is 0 Å². The number of carbonyl (C=O) groups excluding carboxylic acids is 1. The van der Waals surface area contributed by atoms with Crippen LogP contribution in [-0.4, -0.2) is 47.2 Å². The number of aromatic nitrogens is 3. The first-order chi connectivity index (χ1) is 9.26. The Morgan fingerprint density at radius 1 is 1.47 bits per heavy atom. The Balaban J connectivity index is 0.000000148. The molecular formula is C12H18N4O3. The third-order valence-electron chi connectivity index (χ3n) is 3.13. The first-order valence-electron chi connectivity index (χ1n) is 6.25. The Hall–Kier alpha value is -1.73. The number of aldehydes is 1. The van der Waals surface area contributed by atoms with Crippen molar-refractivity contribution in [2.24, 2.45) is 0 Å². The molecule has 3 rings (SSSR count). The van der Waals surface area contributed by atoms with Crippen molar-refractivity contribution < 1.29 is 13.9 Å². The van der Waals surface area contributed by atoms with E-state index in [1.807, 2.05) is 7.05 Å². The van der Waals surface area contributed by atoms with Gasteiger partial charge in [0.25, 0.3) is 0 Å². The summed E-state index contributed by atoms with van der Waals surface area (Å²) in [6.45, 7) is 3.62. The van der Waals surface area contributed by atoms with E-state index in [1.54, 1.807) is 6.92 Å². The van der Waals surface area contributed by atoms with Crippen LogP contribution in [-0.2, 0) is 4.74 Å². The van der Waals surface area contributed by atoms with Gasteiger partial charge in [0.1, 0.15) is 6.33 Å². The van der Waals surface area contributed by atoms with Crippen LogP contribution in [0.15, 0.2) is 10.7 Å². The van der Waals surface area contributed by atoms with Crippen molar-refractivity contribution >= 4 is 12.1 Å². The van der Waals surface area contributed by atoms with Crippen LogP contribution in [0.5, 0.6) is 0 Å². The molecule has 1 fully saturated rings. The SMILES string of the molecule is CNC1CCOCC1.Cc1c(C=O)oc2ncnn12. The van der Waals surface area contributed by atoms with Crippen molar-refractivity contribution in [3.63, 3.8) is 0 Å². The molecule has 0 bridgehead atoms. The van der Waals surface area contributed by atoms with Crippen LogP contribution in [0.3, 0.4) is 0 Å². The molecule has 0 aromatic carbocycles. The smallest absolute Gasteiger partial charge is 0.325 e. The molecule has 0 radical (unpaired) electrons. The molecule has 7 nitrogen and oxygen atoms in total. The van der Waals surface area contributed by atoms with Gasteiger partial charge in [-0.3, -0.25) is 4.79 Å². The molecule has 2 aromatic heterocycles. The second kappa shape index (κ2) is 6.44. The maximum atomic E-state index is 10.3. The fourth-order valence-corrected chi connectivity index (χ4v) is 1.90. The van der Waals surface area contributed by atoms with E-state index in [9.17, 15) is 4.79 Å². The molecule has 2 aromatic rings. The summed E-state index contributed by atoms with van der Waals surface area (Å²) in [5.41, 5.74) is 0.674. The summed E-state index contributed by atoms with van der Waals surface area (Å²) in [7, 11) is 2.01. The lowest BCUT2D eigenvalue weighted by Crippen LogP contribution is -2.31. The molecule has 1 saturated heterocycles. The standard InChI is InChI=1S/C6H5N3O2.C6H13NO/c1-4-5(2-10)11-6-7-3-8-9(4)6;1-7-6-2-4-8-5-3-6/h2-3H,1H3;6-7H,2-5H2,1H3. The summed E-state index contributed by atoms with van der Waals surface area (Å²) in [5.74, 6) is 0.630. The predicted molar refractivity (Wildman–Crippen MR) is 68.3 cm³/mol. The summed E-state index contributed by atoms with van der Waals surface area (Å²) in [6.07, 6.45) is 4.37. The monoisotopic (exact) mass is 266 g/mol. The van der Waals surface area contributed by atoms with Gasteiger partial charge in [0.15, 0.2) is 12.0 Å². The number of aryl methyl sites for hydroxylation is 1. The largest absolute Gasteiger partial charge is 0.419 e. The van der Waals surface area contributed by atoms with Crippen molar-refractivity contribution in [2.75, 3.05) is 20.3 Å². The Morgan fingerprint density at radius 2 is 2.21 bits per heavy atom. The molecule has 3 heterocycles. The molecule has 0 spiro atoms. The molecule has 0 aliphatic carbocycles. The predicted octanol–water partition coefficient (Wildman–Crippen LogP) is 0.828. The summed E-state index contributed by atoms with van der Waals surface area (Å²) in [5, 5.41) is 7.06. The Kier molecular flexibility index (Phi) is 4.64. The van der Waals surface area contributed by atoms with E-state index in [-0.39, 0.29) is 5.76 Å². The van der Waals surface area contributed by atoms with E-state index in [4.69, 9.17) is 9.15 Å².